The molecule has 128 valence electrons. The van der Waals surface area contributed by atoms with Crippen molar-refractivity contribution in [3.05, 3.63) is 18.1 Å². The molecule has 0 radical (unpaired) electrons. The molecule has 0 saturated carbocycles. The maximum absolute atomic E-state index is 12.1. The number of aromatic nitrogens is 2. The van der Waals surface area contributed by atoms with Crippen LogP contribution in [0.25, 0.3) is 0 Å². The Labute approximate surface area is 137 Å². The number of carbonyl (C=O) groups is 1. The fourth-order valence-electron chi connectivity index (χ4n) is 2.31. The SMILES string of the molecule is CC(C)CCNc1cc(C(=O)NCCN2CCOCC2)ncn1. The van der Waals surface area contributed by atoms with Gasteiger partial charge in [0.2, 0.25) is 0 Å². The molecule has 2 heterocycles. The summed E-state index contributed by atoms with van der Waals surface area (Å²) in [7, 11) is 0. The average molecular weight is 321 g/mol. The minimum Gasteiger partial charge on any atom is -0.379 e. The van der Waals surface area contributed by atoms with Crippen LogP contribution in [-0.2, 0) is 4.74 Å². The van der Waals surface area contributed by atoms with E-state index in [0.29, 0.717) is 24.0 Å². The number of nitrogens with zero attached hydrogens (tertiary/aromatic N) is 3. The molecule has 1 saturated heterocycles. The van der Waals surface area contributed by atoms with Gasteiger partial charge in [0.15, 0.2) is 0 Å². The molecule has 7 nitrogen and oxygen atoms in total. The van der Waals surface area contributed by atoms with Gasteiger partial charge in [0.05, 0.1) is 13.2 Å². The van der Waals surface area contributed by atoms with Crippen LogP contribution >= 0.6 is 0 Å². The molecule has 1 aromatic rings. The minimum absolute atomic E-state index is 0.160. The van der Waals surface area contributed by atoms with Gasteiger partial charge in [-0.2, -0.15) is 0 Å². The third kappa shape index (κ3) is 6.50. The Kier molecular flexibility index (Phi) is 7.22. The number of anilines is 1. The van der Waals surface area contributed by atoms with Crippen molar-refractivity contribution in [3.8, 4) is 0 Å². The molecule has 1 amide bonds. The smallest absolute Gasteiger partial charge is 0.270 e. The van der Waals surface area contributed by atoms with E-state index >= 15 is 0 Å². The number of carbonyl (C=O) groups excluding carboxylic acids is 1. The largest absolute Gasteiger partial charge is 0.379 e. The number of hydrogen-bond acceptors (Lipinski definition) is 6. The predicted molar refractivity (Wildman–Crippen MR) is 89.6 cm³/mol. The summed E-state index contributed by atoms with van der Waals surface area (Å²) in [4.78, 5) is 22.6. The van der Waals surface area contributed by atoms with Crippen LogP contribution in [0.2, 0.25) is 0 Å². The van der Waals surface area contributed by atoms with E-state index in [0.717, 1.165) is 45.8 Å². The maximum atomic E-state index is 12.1. The number of amides is 1. The topological polar surface area (TPSA) is 79.4 Å². The molecular weight excluding hydrogens is 294 g/mol. The zero-order valence-corrected chi connectivity index (χ0v) is 14.0. The molecule has 0 spiro atoms. The quantitative estimate of drug-likeness (QED) is 0.743. The van der Waals surface area contributed by atoms with E-state index in [4.69, 9.17) is 4.74 Å². The molecule has 1 fully saturated rings. The fourth-order valence-corrected chi connectivity index (χ4v) is 2.31. The van der Waals surface area contributed by atoms with Gasteiger partial charge in [-0.25, -0.2) is 9.97 Å². The number of rotatable bonds is 8. The van der Waals surface area contributed by atoms with E-state index in [1.165, 1.54) is 6.33 Å². The third-order valence-electron chi connectivity index (χ3n) is 3.74. The predicted octanol–water partition coefficient (Wildman–Crippen LogP) is 0.997. The van der Waals surface area contributed by atoms with Crippen molar-refractivity contribution in [2.45, 2.75) is 20.3 Å². The molecule has 0 aliphatic carbocycles. The van der Waals surface area contributed by atoms with Crippen LogP contribution in [0.1, 0.15) is 30.8 Å². The second-order valence-corrected chi connectivity index (χ2v) is 6.11. The Morgan fingerprint density at radius 1 is 1.30 bits per heavy atom. The van der Waals surface area contributed by atoms with Crippen molar-refractivity contribution in [1.82, 2.24) is 20.2 Å². The van der Waals surface area contributed by atoms with E-state index in [1.54, 1.807) is 6.07 Å². The molecule has 0 unspecified atom stereocenters. The lowest BCUT2D eigenvalue weighted by molar-refractivity contribution is 0.0383. The first-order valence-electron chi connectivity index (χ1n) is 8.29. The van der Waals surface area contributed by atoms with E-state index in [9.17, 15) is 4.79 Å². The highest BCUT2D eigenvalue weighted by Crippen LogP contribution is 2.06. The number of nitrogens with one attached hydrogen (secondary N) is 2. The molecule has 2 N–H and O–H groups in total. The highest BCUT2D eigenvalue weighted by molar-refractivity contribution is 5.92. The summed E-state index contributed by atoms with van der Waals surface area (Å²) in [5, 5.41) is 6.13. The second-order valence-electron chi connectivity index (χ2n) is 6.11. The molecule has 2 rings (SSSR count). The van der Waals surface area contributed by atoms with Crippen molar-refractivity contribution in [2.24, 2.45) is 5.92 Å². The number of morpholine rings is 1. The van der Waals surface area contributed by atoms with Gasteiger partial charge in [-0.15, -0.1) is 0 Å². The third-order valence-corrected chi connectivity index (χ3v) is 3.74. The van der Waals surface area contributed by atoms with Crippen molar-refractivity contribution in [1.29, 1.82) is 0 Å². The Balaban J connectivity index is 1.74. The van der Waals surface area contributed by atoms with Gasteiger partial charge in [0.1, 0.15) is 17.8 Å². The summed E-state index contributed by atoms with van der Waals surface area (Å²) >= 11 is 0. The van der Waals surface area contributed by atoms with Crippen LogP contribution in [0.4, 0.5) is 5.82 Å². The summed E-state index contributed by atoms with van der Waals surface area (Å²) in [5.74, 6) is 1.17. The lowest BCUT2D eigenvalue weighted by atomic mass is 10.1. The van der Waals surface area contributed by atoms with Crippen LogP contribution in [0, 0.1) is 5.92 Å². The summed E-state index contributed by atoms with van der Waals surface area (Å²) < 4.78 is 5.30. The van der Waals surface area contributed by atoms with E-state index in [-0.39, 0.29) is 5.91 Å². The van der Waals surface area contributed by atoms with E-state index in [1.807, 2.05) is 0 Å². The van der Waals surface area contributed by atoms with Gasteiger partial charge in [-0.1, -0.05) is 13.8 Å². The molecule has 23 heavy (non-hydrogen) atoms. The van der Waals surface area contributed by atoms with Crippen molar-refractivity contribution in [2.75, 3.05) is 51.3 Å². The van der Waals surface area contributed by atoms with Crippen LogP contribution in [0.5, 0.6) is 0 Å². The summed E-state index contributed by atoms with van der Waals surface area (Å²) in [5.41, 5.74) is 0.397. The molecule has 0 atom stereocenters. The number of hydrogen-bond donors (Lipinski definition) is 2. The molecule has 0 bridgehead atoms. The van der Waals surface area contributed by atoms with Crippen LogP contribution < -0.4 is 10.6 Å². The van der Waals surface area contributed by atoms with Crippen LogP contribution in [0.15, 0.2) is 12.4 Å². The first-order chi connectivity index (χ1) is 11.1. The Hall–Kier alpha value is -1.73. The van der Waals surface area contributed by atoms with Gasteiger partial charge in [0.25, 0.3) is 5.91 Å². The van der Waals surface area contributed by atoms with Gasteiger partial charge in [-0.05, 0) is 12.3 Å². The molecule has 0 aromatic carbocycles. The van der Waals surface area contributed by atoms with Crippen LogP contribution in [0.3, 0.4) is 0 Å². The normalized spacial score (nSPS) is 15.6. The van der Waals surface area contributed by atoms with Gasteiger partial charge >= 0.3 is 0 Å². The Morgan fingerprint density at radius 2 is 2.09 bits per heavy atom. The Bertz CT molecular complexity index is 489. The van der Waals surface area contributed by atoms with Crippen molar-refractivity contribution >= 4 is 11.7 Å². The molecular formula is C16H27N5O2. The van der Waals surface area contributed by atoms with Gasteiger partial charge in [0, 0.05) is 38.8 Å². The monoisotopic (exact) mass is 321 g/mol. The first kappa shape index (κ1) is 17.6. The minimum atomic E-state index is -0.160. The molecule has 1 aliphatic heterocycles. The molecule has 1 aliphatic rings. The lowest BCUT2D eigenvalue weighted by Gasteiger charge is -2.26. The van der Waals surface area contributed by atoms with Gasteiger partial charge < -0.3 is 15.4 Å². The zero-order chi connectivity index (χ0) is 16.5. The van der Waals surface area contributed by atoms with E-state index < -0.39 is 0 Å². The average Bonchev–Trinajstić information content (AvgIpc) is 2.56. The Morgan fingerprint density at radius 3 is 2.83 bits per heavy atom. The second kappa shape index (κ2) is 9.42. The summed E-state index contributed by atoms with van der Waals surface area (Å²) in [6.45, 7) is 10.0. The standard InChI is InChI=1S/C16H27N5O2/c1-13(2)3-4-17-15-11-14(19-12-20-15)16(22)18-5-6-21-7-9-23-10-8-21/h11-13H,3-10H2,1-2H3,(H,18,22)(H,17,19,20). The molecule has 7 heteroatoms. The maximum Gasteiger partial charge on any atom is 0.270 e. The zero-order valence-electron chi connectivity index (χ0n) is 14.0. The van der Waals surface area contributed by atoms with Crippen molar-refractivity contribution < 1.29 is 9.53 Å². The highest BCUT2D eigenvalue weighted by atomic mass is 16.5. The summed E-state index contributed by atoms with van der Waals surface area (Å²) in [6.07, 6.45) is 2.49. The highest BCUT2D eigenvalue weighted by Gasteiger charge is 2.12. The fraction of sp³-hybridized carbons (Fsp3) is 0.688. The van der Waals surface area contributed by atoms with Crippen molar-refractivity contribution in [3.63, 3.8) is 0 Å². The molecule has 1 aromatic heterocycles. The summed E-state index contributed by atoms with van der Waals surface area (Å²) in [6, 6.07) is 1.70. The van der Waals surface area contributed by atoms with Crippen LogP contribution in [-0.4, -0.2) is 66.7 Å². The first-order valence-corrected chi connectivity index (χ1v) is 8.29. The number of ether oxygens (including phenoxy) is 1. The lowest BCUT2D eigenvalue weighted by Crippen LogP contribution is -2.41. The van der Waals surface area contributed by atoms with Gasteiger partial charge in [-0.3, -0.25) is 9.69 Å². The van der Waals surface area contributed by atoms with E-state index in [2.05, 4.69) is 39.3 Å².